The third kappa shape index (κ3) is 4.64. The van der Waals surface area contributed by atoms with Crippen LogP contribution in [0, 0.1) is 0 Å². The van der Waals surface area contributed by atoms with Crippen LogP contribution in [0.25, 0.3) is 5.76 Å². The Hall–Kier alpha value is -3.36. The van der Waals surface area contributed by atoms with E-state index in [1.54, 1.807) is 42.5 Å². The van der Waals surface area contributed by atoms with Gasteiger partial charge in [0.25, 0.3) is 11.7 Å². The van der Waals surface area contributed by atoms with Crippen LogP contribution in [0.5, 0.6) is 11.5 Å². The molecule has 0 aliphatic carbocycles. The Morgan fingerprint density at radius 3 is 2.41 bits per heavy atom. The number of Topliss-reactive ketones (excluding diaryl/α,β-unsaturated/α-hetero) is 1. The van der Waals surface area contributed by atoms with Crippen LogP contribution in [-0.4, -0.2) is 80.2 Å². The summed E-state index contributed by atoms with van der Waals surface area (Å²) in [6, 6.07) is 13.3. The molecular formula is C26H30N2O6. The van der Waals surface area contributed by atoms with Crippen molar-refractivity contribution in [2.45, 2.75) is 12.5 Å². The average molecular weight is 467 g/mol. The van der Waals surface area contributed by atoms with Crippen LogP contribution in [-0.2, 0) is 14.3 Å². The minimum atomic E-state index is -0.796. The van der Waals surface area contributed by atoms with Crippen LogP contribution in [0.4, 0.5) is 0 Å². The Kier molecular flexibility index (Phi) is 7.49. The van der Waals surface area contributed by atoms with E-state index in [0.717, 1.165) is 19.6 Å². The van der Waals surface area contributed by atoms with Crippen molar-refractivity contribution >= 4 is 17.4 Å². The van der Waals surface area contributed by atoms with Gasteiger partial charge in [-0.25, -0.2) is 0 Å². The molecule has 4 rings (SSSR count). The third-order valence-corrected chi connectivity index (χ3v) is 6.29. The molecule has 2 fully saturated rings. The van der Waals surface area contributed by atoms with Crippen molar-refractivity contribution in [3.8, 4) is 11.5 Å². The topological polar surface area (TPSA) is 88.5 Å². The first kappa shape index (κ1) is 23.8. The fraction of sp³-hybridized carbons (Fsp3) is 0.385. The van der Waals surface area contributed by atoms with Crippen LogP contribution >= 0.6 is 0 Å². The number of hydrogen-bond donors (Lipinski definition) is 1. The molecular weight excluding hydrogens is 436 g/mol. The summed E-state index contributed by atoms with van der Waals surface area (Å²) in [5, 5.41) is 11.2. The first-order valence-electron chi connectivity index (χ1n) is 11.4. The minimum Gasteiger partial charge on any atom is -0.507 e. The molecule has 2 aliphatic rings. The molecule has 1 N–H and O–H groups in total. The minimum absolute atomic E-state index is 0.0501. The van der Waals surface area contributed by atoms with Gasteiger partial charge in [0.05, 0.1) is 39.0 Å². The maximum absolute atomic E-state index is 13.2. The lowest BCUT2D eigenvalue weighted by molar-refractivity contribution is -0.140. The molecule has 0 saturated carbocycles. The van der Waals surface area contributed by atoms with Gasteiger partial charge in [-0.05, 0) is 12.5 Å². The zero-order chi connectivity index (χ0) is 24.1. The molecule has 0 bridgehead atoms. The van der Waals surface area contributed by atoms with Gasteiger partial charge in [0.15, 0.2) is 11.5 Å². The number of methoxy groups -OCH3 is 2. The zero-order valence-electron chi connectivity index (χ0n) is 19.5. The number of ether oxygens (including phenoxy) is 3. The van der Waals surface area contributed by atoms with Gasteiger partial charge >= 0.3 is 0 Å². The molecule has 34 heavy (non-hydrogen) atoms. The molecule has 2 aliphatic heterocycles. The summed E-state index contributed by atoms with van der Waals surface area (Å²) < 4.78 is 16.5. The highest BCUT2D eigenvalue weighted by Gasteiger charge is 2.47. The highest BCUT2D eigenvalue weighted by molar-refractivity contribution is 6.46. The van der Waals surface area contributed by atoms with E-state index in [2.05, 4.69) is 4.90 Å². The molecule has 8 nitrogen and oxygen atoms in total. The molecule has 0 spiro atoms. The van der Waals surface area contributed by atoms with Crippen LogP contribution in [0.3, 0.4) is 0 Å². The molecule has 2 aromatic carbocycles. The zero-order valence-corrected chi connectivity index (χ0v) is 19.5. The van der Waals surface area contributed by atoms with E-state index >= 15 is 0 Å². The summed E-state index contributed by atoms with van der Waals surface area (Å²) in [6.45, 7) is 4.23. The van der Waals surface area contributed by atoms with Gasteiger partial charge in [0.2, 0.25) is 0 Å². The number of likely N-dealkylation sites (tertiary alicyclic amines) is 1. The number of carbonyl (C=O) groups excluding carboxylic acids is 2. The van der Waals surface area contributed by atoms with Crippen LogP contribution in [0.15, 0.2) is 54.1 Å². The number of hydrogen-bond acceptors (Lipinski definition) is 7. The van der Waals surface area contributed by atoms with Gasteiger partial charge < -0.3 is 24.2 Å². The predicted octanol–water partition coefficient (Wildman–Crippen LogP) is 2.85. The lowest BCUT2D eigenvalue weighted by Crippen LogP contribution is -2.39. The smallest absolute Gasteiger partial charge is 0.295 e. The summed E-state index contributed by atoms with van der Waals surface area (Å²) in [5.74, 6) is -0.630. The Morgan fingerprint density at radius 2 is 1.74 bits per heavy atom. The van der Waals surface area contributed by atoms with E-state index in [1.807, 2.05) is 6.07 Å². The number of carbonyl (C=O) groups is 2. The number of rotatable bonds is 8. The lowest BCUT2D eigenvalue weighted by Gasteiger charge is -2.29. The maximum Gasteiger partial charge on any atom is 0.295 e. The normalized spacial score (nSPS) is 20.5. The van der Waals surface area contributed by atoms with Crippen LogP contribution in [0.1, 0.15) is 23.6 Å². The Bertz CT molecular complexity index is 1060. The number of amides is 1. The molecule has 1 atom stereocenters. The van der Waals surface area contributed by atoms with Crippen molar-refractivity contribution in [3.63, 3.8) is 0 Å². The predicted molar refractivity (Wildman–Crippen MR) is 127 cm³/mol. The molecule has 0 radical (unpaired) electrons. The molecule has 8 heteroatoms. The largest absolute Gasteiger partial charge is 0.507 e. The number of para-hydroxylation sites is 1. The van der Waals surface area contributed by atoms with E-state index in [-0.39, 0.29) is 11.3 Å². The molecule has 180 valence electrons. The van der Waals surface area contributed by atoms with Gasteiger partial charge in [-0.1, -0.05) is 42.5 Å². The number of aliphatic hydroxyl groups is 1. The summed E-state index contributed by atoms with van der Waals surface area (Å²) >= 11 is 0. The van der Waals surface area contributed by atoms with Gasteiger partial charge in [-0.2, -0.15) is 0 Å². The van der Waals surface area contributed by atoms with Crippen molar-refractivity contribution in [3.05, 3.63) is 65.2 Å². The van der Waals surface area contributed by atoms with E-state index in [1.165, 1.54) is 19.1 Å². The second-order valence-corrected chi connectivity index (χ2v) is 8.25. The summed E-state index contributed by atoms with van der Waals surface area (Å²) in [7, 11) is 3.05. The summed E-state index contributed by atoms with van der Waals surface area (Å²) in [4.78, 5) is 30.2. The molecule has 2 saturated heterocycles. The molecule has 1 amide bonds. The Morgan fingerprint density at radius 1 is 1.00 bits per heavy atom. The molecule has 2 aromatic rings. The SMILES string of the molecule is COc1cccc([C@@H]2/C(=C(\O)c3ccccc3)C(=O)C(=O)N2CCCN2CCOCC2)c1OC. The van der Waals surface area contributed by atoms with E-state index in [9.17, 15) is 14.7 Å². The van der Waals surface area contributed by atoms with Crippen molar-refractivity contribution in [2.75, 3.05) is 53.6 Å². The second kappa shape index (κ2) is 10.7. The number of aliphatic hydroxyl groups excluding tert-OH is 1. The quantitative estimate of drug-likeness (QED) is 0.364. The van der Waals surface area contributed by atoms with Gasteiger partial charge in [-0.3, -0.25) is 14.5 Å². The number of morpholine rings is 1. The monoisotopic (exact) mass is 466 g/mol. The number of ketones is 1. The van der Waals surface area contributed by atoms with E-state index in [0.29, 0.717) is 48.8 Å². The highest BCUT2D eigenvalue weighted by atomic mass is 16.5. The summed E-state index contributed by atoms with van der Waals surface area (Å²) in [6.07, 6.45) is 0.682. The van der Waals surface area contributed by atoms with Crippen molar-refractivity contribution in [1.82, 2.24) is 9.80 Å². The van der Waals surface area contributed by atoms with Gasteiger partial charge in [-0.15, -0.1) is 0 Å². The fourth-order valence-corrected chi connectivity index (χ4v) is 4.60. The van der Waals surface area contributed by atoms with Crippen LogP contribution in [0.2, 0.25) is 0 Å². The van der Waals surface area contributed by atoms with Crippen LogP contribution < -0.4 is 9.47 Å². The number of benzene rings is 2. The van der Waals surface area contributed by atoms with Gasteiger partial charge in [0.1, 0.15) is 5.76 Å². The third-order valence-electron chi connectivity index (χ3n) is 6.29. The summed E-state index contributed by atoms with van der Waals surface area (Å²) in [5.41, 5.74) is 1.11. The molecule has 0 unspecified atom stereocenters. The van der Waals surface area contributed by atoms with Gasteiger partial charge in [0, 0.05) is 37.3 Å². The first-order valence-corrected chi connectivity index (χ1v) is 11.4. The average Bonchev–Trinajstić information content (AvgIpc) is 3.13. The Labute approximate surface area is 199 Å². The first-order chi connectivity index (χ1) is 16.6. The second-order valence-electron chi connectivity index (χ2n) is 8.25. The van der Waals surface area contributed by atoms with E-state index in [4.69, 9.17) is 14.2 Å². The molecule has 2 heterocycles. The highest BCUT2D eigenvalue weighted by Crippen LogP contribution is 2.45. The number of nitrogens with zero attached hydrogens (tertiary/aromatic N) is 2. The Balaban J connectivity index is 1.74. The molecule has 0 aromatic heterocycles. The van der Waals surface area contributed by atoms with Crippen molar-refractivity contribution in [1.29, 1.82) is 0 Å². The lowest BCUT2D eigenvalue weighted by atomic mass is 9.94. The van der Waals surface area contributed by atoms with Crippen molar-refractivity contribution in [2.24, 2.45) is 0 Å². The van der Waals surface area contributed by atoms with Crippen molar-refractivity contribution < 1.29 is 28.9 Å². The fourth-order valence-electron chi connectivity index (χ4n) is 4.60. The maximum atomic E-state index is 13.2. The van der Waals surface area contributed by atoms with E-state index < -0.39 is 17.7 Å². The standard InChI is InChI=1S/C26H30N2O6/c1-32-20-11-6-10-19(25(20)33-2)22-21(23(29)18-8-4-3-5-9-18)24(30)26(31)28(22)13-7-12-27-14-16-34-17-15-27/h3-6,8-11,22,29H,7,12-17H2,1-2H3/b23-21+/t22-/m1/s1.